The van der Waals surface area contributed by atoms with Crippen LogP contribution in [0, 0.1) is 18.2 Å². The zero-order valence-corrected chi connectivity index (χ0v) is 20.2. The Morgan fingerprint density at radius 1 is 1.25 bits per heavy atom. The zero-order chi connectivity index (χ0) is 25.7. The van der Waals surface area contributed by atoms with Crippen molar-refractivity contribution in [3.8, 4) is 11.1 Å². The van der Waals surface area contributed by atoms with Gasteiger partial charge < -0.3 is 4.90 Å². The molecular formula is C24H17ClF3N5O2S. The van der Waals surface area contributed by atoms with E-state index in [-0.39, 0.29) is 36.0 Å². The first-order valence-electron chi connectivity index (χ1n) is 10.8. The summed E-state index contributed by atoms with van der Waals surface area (Å²) in [6.45, 7) is 11.1. The first-order chi connectivity index (χ1) is 17.2. The molecule has 1 atom stereocenters. The average molecular weight is 532 g/mol. The van der Waals surface area contributed by atoms with Crippen LogP contribution in [0.25, 0.3) is 26.9 Å². The second-order valence-corrected chi connectivity index (χ2v) is 9.77. The average Bonchev–Trinajstić information content (AvgIpc) is 2.86. The molecule has 36 heavy (non-hydrogen) atoms. The lowest BCUT2D eigenvalue weighted by atomic mass is 10.0. The molecule has 0 unspecified atom stereocenters. The topological polar surface area (TPSA) is 62.8 Å². The quantitative estimate of drug-likeness (QED) is 0.368. The number of benzene rings is 2. The van der Waals surface area contributed by atoms with Crippen molar-refractivity contribution in [3.05, 3.63) is 75.2 Å². The fourth-order valence-corrected chi connectivity index (χ4v) is 6.15. The molecule has 5 rings (SSSR count). The summed E-state index contributed by atoms with van der Waals surface area (Å²) < 4.78 is 43.3. The molecule has 3 heterocycles. The molecule has 7 nitrogen and oxygen atoms in total. The fourth-order valence-electron chi connectivity index (χ4n) is 4.59. The SMILES string of the molecule is [C-]#[N+][C@@H]1CN(c2nc(=O)n3c4c(c(-c5ccc(F)cc5F)c(Cl)cc24)SCC3)CCN1C(=O)C(=C)F. The van der Waals surface area contributed by atoms with E-state index in [9.17, 15) is 22.8 Å². The van der Waals surface area contributed by atoms with E-state index in [0.717, 1.165) is 17.0 Å². The van der Waals surface area contributed by atoms with Crippen LogP contribution >= 0.6 is 23.4 Å². The van der Waals surface area contributed by atoms with Gasteiger partial charge >= 0.3 is 11.9 Å². The Morgan fingerprint density at radius 3 is 2.72 bits per heavy atom. The van der Waals surface area contributed by atoms with Crippen LogP contribution in [-0.2, 0) is 11.3 Å². The van der Waals surface area contributed by atoms with E-state index in [2.05, 4.69) is 16.4 Å². The standard InChI is InChI=1S/C24H17ClF3N5O2S/c1-12(26)23(34)32-6-5-31(11-18(32)29-2)22-15-10-16(25)19(14-4-3-13(27)9-17(14)28)21-20(15)33(7-8-36-21)24(35)30-22/h3-4,9-10,18H,1,5-8,11H2/t18-/m0/s1. The molecular weight excluding hydrogens is 515 g/mol. The molecule has 1 amide bonds. The highest BCUT2D eigenvalue weighted by molar-refractivity contribution is 7.99. The van der Waals surface area contributed by atoms with Gasteiger partial charge in [0.1, 0.15) is 24.0 Å². The molecule has 0 bridgehead atoms. The summed E-state index contributed by atoms with van der Waals surface area (Å²) in [5.41, 5.74) is 0.450. The van der Waals surface area contributed by atoms with Crippen LogP contribution in [0.5, 0.6) is 0 Å². The fraction of sp³-hybridized carbons (Fsp3) is 0.250. The monoisotopic (exact) mass is 531 g/mol. The summed E-state index contributed by atoms with van der Waals surface area (Å²) in [5.74, 6) is -2.82. The van der Waals surface area contributed by atoms with Gasteiger partial charge in [0.25, 0.3) is 5.91 Å². The number of carbonyl (C=O) groups is 1. The van der Waals surface area contributed by atoms with Gasteiger partial charge in [0.2, 0.25) is 0 Å². The van der Waals surface area contributed by atoms with Crippen LogP contribution in [0.3, 0.4) is 0 Å². The number of carbonyl (C=O) groups excluding carboxylic acids is 1. The van der Waals surface area contributed by atoms with Crippen LogP contribution < -0.4 is 10.6 Å². The van der Waals surface area contributed by atoms with Crippen LogP contribution in [0.1, 0.15) is 0 Å². The Hall–Kier alpha value is -3.49. The van der Waals surface area contributed by atoms with E-state index in [1.807, 2.05) is 0 Å². The van der Waals surface area contributed by atoms with Crippen LogP contribution in [0.15, 0.2) is 46.4 Å². The molecule has 0 radical (unpaired) electrons. The molecule has 1 aromatic heterocycles. The predicted octanol–water partition coefficient (Wildman–Crippen LogP) is 4.48. The number of aryl methyl sites for hydroxylation is 1. The summed E-state index contributed by atoms with van der Waals surface area (Å²) in [6, 6.07) is 4.81. The van der Waals surface area contributed by atoms with Gasteiger partial charge in [-0.2, -0.15) is 4.98 Å². The molecule has 1 saturated heterocycles. The van der Waals surface area contributed by atoms with Crippen molar-refractivity contribution in [2.45, 2.75) is 17.6 Å². The van der Waals surface area contributed by atoms with Crippen molar-refractivity contribution in [2.75, 3.05) is 30.3 Å². The van der Waals surface area contributed by atoms with Gasteiger partial charge in [0.15, 0.2) is 5.83 Å². The van der Waals surface area contributed by atoms with E-state index in [0.29, 0.717) is 33.7 Å². The maximum absolute atomic E-state index is 14.8. The third-order valence-electron chi connectivity index (χ3n) is 6.21. The van der Waals surface area contributed by atoms with E-state index >= 15 is 0 Å². The second-order valence-electron chi connectivity index (χ2n) is 8.26. The van der Waals surface area contributed by atoms with E-state index in [1.165, 1.54) is 22.4 Å². The van der Waals surface area contributed by atoms with E-state index in [4.69, 9.17) is 18.2 Å². The Balaban J connectivity index is 1.68. The number of amides is 1. The minimum atomic E-state index is -1.15. The van der Waals surface area contributed by atoms with Crippen molar-refractivity contribution < 1.29 is 18.0 Å². The van der Waals surface area contributed by atoms with Gasteiger partial charge in [-0.05, 0) is 18.2 Å². The minimum absolute atomic E-state index is 0.0114. The van der Waals surface area contributed by atoms with Gasteiger partial charge in [-0.25, -0.2) is 24.5 Å². The van der Waals surface area contributed by atoms with Gasteiger partial charge in [0, 0.05) is 52.9 Å². The highest BCUT2D eigenvalue weighted by atomic mass is 35.5. The smallest absolute Gasteiger partial charge is 0.344 e. The summed E-state index contributed by atoms with van der Waals surface area (Å²) in [4.78, 5) is 36.2. The first kappa shape index (κ1) is 24.2. The maximum atomic E-state index is 14.8. The minimum Gasteiger partial charge on any atom is -0.344 e. The Morgan fingerprint density at radius 2 is 2.03 bits per heavy atom. The molecule has 0 spiro atoms. The Labute approximate surface area is 212 Å². The highest BCUT2D eigenvalue weighted by Gasteiger charge is 2.37. The maximum Gasteiger partial charge on any atom is 0.350 e. The Bertz CT molecular complexity index is 1550. The number of rotatable bonds is 3. The third-order valence-corrected chi connectivity index (χ3v) is 7.58. The van der Waals surface area contributed by atoms with Crippen molar-refractivity contribution in [1.82, 2.24) is 14.5 Å². The lowest BCUT2D eigenvalue weighted by molar-refractivity contribution is -0.130. The number of aromatic nitrogens is 2. The van der Waals surface area contributed by atoms with Crippen molar-refractivity contribution in [1.29, 1.82) is 0 Å². The lowest BCUT2D eigenvalue weighted by Crippen LogP contribution is -2.54. The zero-order valence-electron chi connectivity index (χ0n) is 18.6. The number of hydrogen-bond donors (Lipinski definition) is 0. The molecule has 0 aliphatic carbocycles. The van der Waals surface area contributed by atoms with Crippen LogP contribution in [0.4, 0.5) is 19.0 Å². The number of piperazine rings is 1. The lowest BCUT2D eigenvalue weighted by Gasteiger charge is -2.36. The largest absolute Gasteiger partial charge is 0.350 e. The number of hydrogen-bond acceptors (Lipinski definition) is 5. The number of anilines is 1. The summed E-state index contributed by atoms with van der Waals surface area (Å²) in [5, 5.41) is 0.710. The summed E-state index contributed by atoms with van der Waals surface area (Å²) in [6.07, 6.45) is -1.01. The number of nitrogens with zero attached hydrogens (tertiary/aromatic N) is 5. The van der Waals surface area contributed by atoms with E-state index in [1.54, 1.807) is 11.0 Å². The van der Waals surface area contributed by atoms with Gasteiger partial charge in [0.05, 0.1) is 10.5 Å². The van der Waals surface area contributed by atoms with Gasteiger partial charge in [-0.1, -0.05) is 18.2 Å². The molecule has 184 valence electrons. The van der Waals surface area contributed by atoms with E-state index < -0.39 is 35.2 Å². The van der Waals surface area contributed by atoms with Crippen molar-refractivity contribution >= 4 is 46.0 Å². The molecule has 1 fully saturated rings. The molecule has 2 aliphatic heterocycles. The van der Waals surface area contributed by atoms with Crippen LogP contribution in [0.2, 0.25) is 5.02 Å². The number of thioether (sulfide) groups is 1. The number of halogens is 4. The molecule has 2 aliphatic rings. The summed E-state index contributed by atoms with van der Waals surface area (Å²) >= 11 is 8.06. The molecule has 2 aromatic carbocycles. The van der Waals surface area contributed by atoms with Crippen molar-refractivity contribution in [2.24, 2.45) is 0 Å². The third kappa shape index (κ3) is 3.90. The molecule has 12 heteroatoms. The second kappa shape index (κ2) is 9.19. The highest BCUT2D eigenvalue weighted by Crippen LogP contribution is 2.46. The first-order valence-corrected chi connectivity index (χ1v) is 12.2. The van der Waals surface area contributed by atoms with Gasteiger partial charge in [-0.15, -0.1) is 11.8 Å². The molecule has 0 saturated carbocycles. The van der Waals surface area contributed by atoms with Crippen LogP contribution in [-0.4, -0.2) is 51.9 Å². The predicted molar refractivity (Wildman–Crippen MR) is 132 cm³/mol. The Kier molecular flexibility index (Phi) is 6.18. The summed E-state index contributed by atoms with van der Waals surface area (Å²) in [7, 11) is 0. The normalized spacial score (nSPS) is 17.2. The van der Waals surface area contributed by atoms with Gasteiger partial charge in [-0.3, -0.25) is 19.1 Å². The molecule has 3 aromatic rings. The molecule has 0 N–H and O–H groups in total. The van der Waals surface area contributed by atoms with Crippen molar-refractivity contribution in [3.63, 3.8) is 0 Å².